The number of carbonyl (C=O) groups excluding carboxylic acids is 1. The molecular weight excluding hydrogens is 353 g/mol. The number of rotatable bonds is 3. The lowest BCUT2D eigenvalue weighted by Gasteiger charge is -2.10. The van der Waals surface area contributed by atoms with Crippen LogP contribution in [0.2, 0.25) is 10.0 Å². The van der Waals surface area contributed by atoms with Crippen LogP contribution in [0.25, 0.3) is 11.0 Å². The molecule has 0 saturated heterocycles. The Labute approximate surface area is 146 Å². The Bertz CT molecular complexity index is 998. The molecule has 122 valence electrons. The van der Waals surface area contributed by atoms with E-state index in [-0.39, 0.29) is 16.2 Å². The van der Waals surface area contributed by atoms with Crippen molar-refractivity contribution in [3.8, 4) is 5.75 Å². The number of hydrogen-bond donors (Lipinski definition) is 1. The largest absolute Gasteiger partial charge is 0.497 e. The summed E-state index contributed by atoms with van der Waals surface area (Å²) in [5.41, 5.74) is 0.131. The van der Waals surface area contributed by atoms with Crippen LogP contribution in [0.4, 0.5) is 5.69 Å². The zero-order chi connectivity index (χ0) is 17.3. The monoisotopic (exact) mass is 363 g/mol. The molecule has 1 amide bonds. The molecule has 0 aliphatic heterocycles. The molecule has 0 saturated carbocycles. The lowest BCUT2D eigenvalue weighted by Crippen LogP contribution is -2.15. The van der Waals surface area contributed by atoms with E-state index in [1.165, 1.54) is 7.11 Å². The van der Waals surface area contributed by atoms with Crippen molar-refractivity contribution in [1.82, 2.24) is 0 Å². The van der Waals surface area contributed by atoms with E-state index in [1.54, 1.807) is 36.4 Å². The molecule has 0 spiro atoms. The van der Waals surface area contributed by atoms with Gasteiger partial charge in [0.15, 0.2) is 0 Å². The number of nitrogens with one attached hydrogen (secondary N) is 1. The predicted molar refractivity (Wildman–Crippen MR) is 93.5 cm³/mol. The second-order valence-electron chi connectivity index (χ2n) is 4.90. The second kappa shape index (κ2) is 6.55. The van der Waals surface area contributed by atoms with Gasteiger partial charge in [0.25, 0.3) is 5.91 Å². The lowest BCUT2D eigenvalue weighted by atomic mass is 10.1. The van der Waals surface area contributed by atoms with Crippen molar-refractivity contribution >= 4 is 45.8 Å². The van der Waals surface area contributed by atoms with Gasteiger partial charge in [-0.1, -0.05) is 29.3 Å². The van der Waals surface area contributed by atoms with Gasteiger partial charge in [-0.05, 0) is 24.3 Å². The quantitative estimate of drug-likeness (QED) is 0.701. The molecule has 2 aromatic carbocycles. The number of anilines is 1. The van der Waals surface area contributed by atoms with Crippen LogP contribution in [0.1, 0.15) is 10.4 Å². The van der Waals surface area contributed by atoms with Crippen LogP contribution in [0.15, 0.2) is 51.7 Å². The van der Waals surface area contributed by atoms with Crippen molar-refractivity contribution in [2.45, 2.75) is 0 Å². The van der Waals surface area contributed by atoms with Crippen LogP contribution in [0.5, 0.6) is 5.75 Å². The maximum atomic E-state index is 12.6. The van der Waals surface area contributed by atoms with Crippen LogP contribution < -0.4 is 15.7 Å². The summed E-state index contributed by atoms with van der Waals surface area (Å²) in [7, 11) is 1.50. The molecule has 1 N–H and O–H groups in total. The van der Waals surface area contributed by atoms with Gasteiger partial charge in [-0.2, -0.15) is 0 Å². The Morgan fingerprint density at radius 3 is 2.71 bits per heavy atom. The van der Waals surface area contributed by atoms with Crippen molar-refractivity contribution < 1.29 is 13.9 Å². The Kier molecular flexibility index (Phi) is 4.46. The van der Waals surface area contributed by atoms with E-state index in [0.717, 1.165) is 6.07 Å². The molecule has 24 heavy (non-hydrogen) atoms. The topological polar surface area (TPSA) is 68.5 Å². The molecule has 3 rings (SSSR count). The van der Waals surface area contributed by atoms with Gasteiger partial charge < -0.3 is 14.5 Å². The summed E-state index contributed by atoms with van der Waals surface area (Å²) >= 11 is 12.0. The van der Waals surface area contributed by atoms with E-state index in [1.807, 2.05) is 0 Å². The minimum Gasteiger partial charge on any atom is -0.497 e. The van der Waals surface area contributed by atoms with Gasteiger partial charge in [0.1, 0.15) is 11.3 Å². The van der Waals surface area contributed by atoms with E-state index in [2.05, 4.69) is 5.32 Å². The maximum absolute atomic E-state index is 12.6. The van der Waals surface area contributed by atoms with Crippen LogP contribution in [-0.2, 0) is 0 Å². The van der Waals surface area contributed by atoms with Gasteiger partial charge in [0.2, 0.25) is 0 Å². The molecule has 0 bridgehead atoms. The highest BCUT2D eigenvalue weighted by atomic mass is 35.5. The number of benzene rings is 2. The Morgan fingerprint density at radius 1 is 1.17 bits per heavy atom. The molecule has 1 aromatic heterocycles. The summed E-state index contributed by atoms with van der Waals surface area (Å²) in [4.78, 5) is 24.3. The Hall–Kier alpha value is -2.50. The molecule has 7 heteroatoms. The molecule has 0 aliphatic carbocycles. The molecule has 0 atom stereocenters. The van der Waals surface area contributed by atoms with E-state index < -0.39 is 11.5 Å². The number of methoxy groups -OCH3 is 1. The normalized spacial score (nSPS) is 10.6. The minimum atomic E-state index is -0.641. The first kappa shape index (κ1) is 16.4. The average molecular weight is 364 g/mol. The number of ether oxygens (including phenoxy) is 1. The summed E-state index contributed by atoms with van der Waals surface area (Å²) in [6, 6.07) is 10.9. The zero-order valence-corrected chi connectivity index (χ0v) is 13.9. The van der Waals surface area contributed by atoms with Gasteiger partial charge in [-0.25, -0.2) is 4.79 Å². The van der Waals surface area contributed by atoms with Gasteiger partial charge >= 0.3 is 5.63 Å². The molecule has 3 aromatic rings. The third-order valence-corrected chi connectivity index (χ3v) is 4.22. The number of fused-ring (bicyclic) bond motifs is 1. The number of hydrogen-bond acceptors (Lipinski definition) is 4. The smallest absolute Gasteiger partial charge is 0.337 e. The number of halogens is 2. The summed E-state index contributed by atoms with van der Waals surface area (Å²) in [6.07, 6.45) is 0. The lowest BCUT2D eigenvalue weighted by molar-refractivity contribution is 0.102. The molecule has 1 heterocycles. The van der Waals surface area contributed by atoms with Crippen LogP contribution in [0, 0.1) is 0 Å². The summed E-state index contributed by atoms with van der Waals surface area (Å²) < 4.78 is 10.2. The first-order chi connectivity index (χ1) is 11.5. The first-order valence-electron chi connectivity index (χ1n) is 6.87. The third-order valence-electron chi connectivity index (χ3n) is 3.40. The van der Waals surface area contributed by atoms with Crippen molar-refractivity contribution in [2.24, 2.45) is 0 Å². The molecule has 0 radical (unpaired) electrons. The fourth-order valence-electron chi connectivity index (χ4n) is 2.25. The summed E-state index contributed by atoms with van der Waals surface area (Å²) in [5, 5.41) is 3.67. The molecule has 0 fully saturated rings. The highest BCUT2D eigenvalue weighted by molar-refractivity contribution is 6.44. The minimum absolute atomic E-state index is 0.167. The number of amides is 1. The number of carbonyl (C=O) groups is 1. The molecule has 5 nitrogen and oxygen atoms in total. The summed E-state index contributed by atoms with van der Waals surface area (Å²) in [6.45, 7) is 0. The fourth-order valence-corrected chi connectivity index (χ4v) is 2.60. The van der Waals surface area contributed by atoms with Crippen LogP contribution in [-0.4, -0.2) is 13.0 Å². The van der Waals surface area contributed by atoms with E-state index in [0.29, 0.717) is 21.8 Å². The van der Waals surface area contributed by atoms with Crippen molar-refractivity contribution in [1.29, 1.82) is 0 Å². The zero-order valence-electron chi connectivity index (χ0n) is 12.4. The van der Waals surface area contributed by atoms with Crippen molar-refractivity contribution in [3.05, 3.63) is 68.5 Å². The SMILES string of the molecule is COc1ccc2c(C(=O)Nc3cccc(Cl)c3Cl)cc(=O)oc2c1. The van der Waals surface area contributed by atoms with Crippen LogP contribution in [0.3, 0.4) is 0 Å². The van der Waals surface area contributed by atoms with Gasteiger partial charge in [0, 0.05) is 17.5 Å². The average Bonchev–Trinajstić information content (AvgIpc) is 2.57. The highest BCUT2D eigenvalue weighted by Gasteiger charge is 2.16. The first-order valence-corrected chi connectivity index (χ1v) is 7.62. The highest BCUT2D eigenvalue weighted by Crippen LogP contribution is 2.30. The Balaban J connectivity index is 2.06. The third kappa shape index (κ3) is 3.09. The van der Waals surface area contributed by atoms with Crippen molar-refractivity contribution in [2.75, 3.05) is 12.4 Å². The van der Waals surface area contributed by atoms with E-state index in [9.17, 15) is 9.59 Å². The second-order valence-corrected chi connectivity index (χ2v) is 5.68. The predicted octanol–water partition coefficient (Wildman–Crippen LogP) is 4.36. The summed E-state index contributed by atoms with van der Waals surface area (Å²) in [5.74, 6) is 0.0170. The van der Waals surface area contributed by atoms with Crippen LogP contribution >= 0.6 is 23.2 Å². The standard InChI is InChI=1S/C17H11Cl2NO4/c1-23-9-5-6-10-11(8-15(21)24-14(10)7-9)17(22)20-13-4-2-3-12(18)16(13)19/h2-8H,1H3,(H,20,22). The maximum Gasteiger partial charge on any atom is 0.337 e. The van der Waals surface area contributed by atoms with E-state index >= 15 is 0 Å². The fraction of sp³-hybridized carbons (Fsp3) is 0.0588. The van der Waals surface area contributed by atoms with Gasteiger partial charge in [-0.15, -0.1) is 0 Å². The molecule has 0 unspecified atom stereocenters. The van der Waals surface area contributed by atoms with E-state index in [4.69, 9.17) is 32.4 Å². The van der Waals surface area contributed by atoms with Gasteiger partial charge in [-0.3, -0.25) is 4.79 Å². The Morgan fingerprint density at radius 2 is 1.96 bits per heavy atom. The van der Waals surface area contributed by atoms with Crippen molar-refractivity contribution in [3.63, 3.8) is 0 Å². The molecular formula is C17H11Cl2NO4. The molecule has 0 aliphatic rings. The van der Waals surface area contributed by atoms with Gasteiger partial charge in [0.05, 0.1) is 28.4 Å².